The minimum Gasteiger partial charge on any atom is -0.310 e. The number of hydrogen-bond acceptors (Lipinski definition) is 3. The van der Waals surface area contributed by atoms with E-state index < -0.39 is 0 Å². The first-order chi connectivity index (χ1) is 9.15. The van der Waals surface area contributed by atoms with Crippen LogP contribution in [0.4, 0.5) is 0 Å². The van der Waals surface area contributed by atoms with Crippen molar-refractivity contribution in [2.24, 2.45) is 0 Å². The van der Waals surface area contributed by atoms with Gasteiger partial charge in [0.2, 0.25) is 0 Å². The summed E-state index contributed by atoms with van der Waals surface area (Å²) < 4.78 is 0. The van der Waals surface area contributed by atoms with E-state index in [0.29, 0.717) is 12.0 Å². The van der Waals surface area contributed by atoms with Crippen LogP contribution in [0.1, 0.15) is 46.5 Å². The van der Waals surface area contributed by atoms with Crippen LogP contribution >= 0.6 is 11.3 Å². The SMILES string of the molecule is Cc1nc(C2Cc3ccccc32)sc1CNC(C)C. The van der Waals surface area contributed by atoms with Crippen LogP contribution in [0.2, 0.25) is 0 Å². The highest BCUT2D eigenvalue weighted by Gasteiger charge is 2.29. The number of nitrogens with zero attached hydrogens (tertiary/aromatic N) is 1. The van der Waals surface area contributed by atoms with Crippen LogP contribution in [0.15, 0.2) is 24.3 Å². The minimum absolute atomic E-state index is 0.523. The molecular weight excluding hydrogens is 252 g/mol. The summed E-state index contributed by atoms with van der Waals surface area (Å²) in [6, 6.07) is 9.25. The highest BCUT2D eigenvalue weighted by molar-refractivity contribution is 7.11. The molecule has 1 N–H and O–H groups in total. The molecule has 1 aromatic carbocycles. The summed E-state index contributed by atoms with van der Waals surface area (Å²) >= 11 is 1.88. The van der Waals surface area contributed by atoms with E-state index in [9.17, 15) is 0 Å². The molecule has 19 heavy (non-hydrogen) atoms. The predicted molar refractivity (Wildman–Crippen MR) is 80.8 cm³/mol. The molecule has 1 aliphatic carbocycles. The van der Waals surface area contributed by atoms with E-state index in [1.54, 1.807) is 0 Å². The maximum Gasteiger partial charge on any atom is 0.101 e. The van der Waals surface area contributed by atoms with Crippen LogP contribution < -0.4 is 5.32 Å². The van der Waals surface area contributed by atoms with Gasteiger partial charge in [0.15, 0.2) is 0 Å². The second kappa shape index (κ2) is 5.06. The minimum atomic E-state index is 0.523. The third kappa shape index (κ3) is 2.45. The van der Waals surface area contributed by atoms with Gasteiger partial charge < -0.3 is 5.32 Å². The molecule has 3 heteroatoms. The van der Waals surface area contributed by atoms with Gasteiger partial charge in [0, 0.05) is 23.4 Å². The molecule has 0 bridgehead atoms. The highest BCUT2D eigenvalue weighted by Crippen LogP contribution is 2.41. The molecule has 100 valence electrons. The summed E-state index contributed by atoms with van der Waals surface area (Å²) in [4.78, 5) is 6.17. The molecular formula is C16H20N2S. The molecule has 0 spiro atoms. The van der Waals surface area contributed by atoms with Gasteiger partial charge in [-0.3, -0.25) is 0 Å². The third-order valence-corrected chi connectivity index (χ3v) is 5.00. The lowest BCUT2D eigenvalue weighted by atomic mass is 9.78. The number of aryl methyl sites for hydroxylation is 1. The van der Waals surface area contributed by atoms with Gasteiger partial charge in [-0.25, -0.2) is 4.98 Å². The fourth-order valence-corrected chi connectivity index (χ4v) is 3.68. The van der Waals surface area contributed by atoms with Crippen molar-refractivity contribution >= 4 is 11.3 Å². The molecule has 1 aromatic heterocycles. The second-order valence-corrected chi connectivity index (χ2v) is 6.67. The molecule has 1 atom stereocenters. The van der Waals surface area contributed by atoms with Crippen molar-refractivity contribution in [3.63, 3.8) is 0 Å². The Kier molecular flexibility index (Phi) is 3.42. The molecule has 0 radical (unpaired) electrons. The molecule has 1 heterocycles. The molecule has 0 amide bonds. The van der Waals surface area contributed by atoms with E-state index >= 15 is 0 Å². The van der Waals surface area contributed by atoms with Crippen LogP contribution in [0, 0.1) is 6.92 Å². The third-order valence-electron chi connectivity index (χ3n) is 3.73. The van der Waals surface area contributed by atoms with Crippen LogP contribution in [-0.2, 0) is 13.0 Å². The average Bonchev–Trinajstić information content (AvgIpc) is 2.69. The molecule has 0 saturated carbocycles. The van der Waals surface area contributed by atoms with Gasteiger partial charge in [-0.15, -0.1) is 11.3 Å². The van der Waals surface area contributed by atoms with Crippen LogP contribution in [-0.4, -0.2) is 11.0 Å². The molecule has 2 aromatic rings. The molecule has 0 saturated heterocycles. The normalized spacial score (nSPS) is 17.4. The fraction of sp³-hybridized carbons (Fsp3) is 0.438. The van der Waals surface area contributed by atoms with E-state index in [1.165, 1.54) is 26.7 Å². The summed E-state index contributed by atoms with van der Waals surface area (Å²) in [7, 11) is 0. The van der Waals surface area contributed by atoms with Crippen molar-refractivity contribution in [1.82, 2.24) is 10.3 Å². The zero-order valence-electron chi connectivity index (χ0n) is 11.7. The van der Waals surface area contributed by atoms with Crippen molar-refractivity contribution in [3.05, 3.63) is 51.0 Å². The van der Waals surface area contributed by atoms with Gasteiger partial charge >= 0.3 is 0 Å². The quantitative estimate of drug-likeness (QED) is 0.919. The molecule has 0 fully saturated rings. The van der Waals surface area contributed by atoms with E-state index in [1.807, 2.05) is 11.3 Å². The Bertz CT molecular complexity index is 586. The monoisotopic (exact) mass is 272 g/mol. The Balaban J connectivity index is 1.79. The standard InChI is InChI=1S/C16H20N2S/c1-10(2)17-9-15-11(3)18-16(19-15)14-8-12-6-4-5-7-13(12)14/h4-7,10,14,17H,8-9H2,1-3H3. The Morgan fingerprint density at radius 3 is 2.89 bits per heavy atom. The van der Waals surface area contributed by atoms with Crippen molar-refractivity contribution < 1.29 is 0 Å². The van der Waals surface area contributed by atoms with Crippen molar-refractivity contribution in [2.45, 2.75) is 45.7 Å². The molecule has 0 aliphatic heterocycles. The lowest BCUT2D eigenvalue weighted by Gasteiger charge is -2.28. The number of hydrogen-bond donors (Lipinski definition) is 1. The van der Waals surface area contributed by atoms with E-state index in [-0.39, 0.29) is 0 Å². The van der Waals surface area contributed by atoms with Gasteiger partial charge in [-0.2, -0.15) is 0 Å². The van der Waals surface area contributed by atoms with Gasteiger partial charge in [0.25, 0.3) is 0 Å². The summed E-state index contributed by atoms with van der Waals surface area (Å²) in [6.45, 7) is 7.43. The maximum absolute atomic E-state index is 4.79. The Morgan fingerprint density at radius 2 is 2.16 bits per heavy atom. The number of thiazole rings is 1. The van der Waals surface area contributed by atoms with E-state index in [2.05, 4.69) is 50.4 Å². The van der Waals surface area contributed by atoms with Crippen molar-refractivity contribution in [1.29, 1.82) is 0 Å². The number of aromatic nitrogens is 1. The van der Waals surface area contributed by atoms with Gasteiger partial charge in [0.05, 0.1) is 5.69 Å². The molecule has 3 rings (SSSR count). The summed E-state index contributed by atoms with van der Waals surface area (Å²) in [5.41, 5.74) is 4.15. The lowest BCUT2D eigenvalue weighted by molar-refractivity contribution is 0.591. The summed E-state index contributed by atoms with van der Waals surface area (Å²) in [6.07, 6.45) is 1.15. The van der Waals surface area contributed by atoms with E-state index in [0.717, 1.165) is 13.0 Å². The fourth-order valence-electron chi connectivity index (χ4n) is 2.54. The Hall–Kier alpha value is -1.19. The lowest BCUT2D eigenvalue weighted by Crippen LogP contribution is -2.21. The number of benzene rings is 1. The van der Waals surface area contributed by atoms with E-state index in [4.69, 9.17) is 4.98 Å². The smallest absolute Gasteiger partial charge is 0.101 e. The number of fused-ring (bicyclic) bond motifs is 1. The highest BCUT2D eigenvalue weighted by atomic mass is 32.1. The summed E-state index contributed by atoms with van der Waals surface area (Å²) in [5, 5.41) is 4.77. The Labute approximate surface area is 118 Å². The van der Waals surface area contributed by atoms with Crippen LogP contribution in [0.5, 0.6) is 0 Å². The first kappa shape index (κ1) is 12.8. The van der Waals surface area contributed by atoms with Gasteiger partial charge in [-0.05, 0) is 24.5 Å². The Morgan fingerprint density at radius 1 is 1.37 bits per heavy atom. The van der Waals surface area contributed by atoms with Crippen LogP contribution in [0.3, 0.4) is 0 Å². The second-order valence-electron chi connectivity index (χ2n) is 5.55. The maximum atomic E-state index is 4.79. The zero-order chi connectivity index (χ0) is 13.4. The zero-order valence-corrected chi connectivity index (χ0v) is 12.6. The predicted octanol–water partition coefficient (Wildman–Crippen LogP) is 3.64. The van der Waals surface area contributed by atoms with Gasteiger partial charge in [-0.1, -0.05) is 38.1 Å². The average molecular weight is 272 g/mol. The first-order valence-corrected chi connectivity index (χ1v) is 7.74. The molecule has 2 nitrogen and oxygen atoms in total. The van der Waals surface area contributed by atoms with Crippen molar-refractivity contribution in [3.8, 4) is 0 Å². The molecule has 1 unspecified atom stereocenters. The van der Waals surface area contributed by atoms with Crippen LogP contribution in [0.25, 0.3) is 0 Å². The molecule has 1 aliphatic rings. The number of rotatable bonds is 4. The topological polar surface area (TPSA) is 24.9 Å². The van der Waals surface area contributed by atoms with Crippen molar-refractivity contribution in [2.75, 3.05) is 0 Å². The summed E-state index contributed by atoms with van der Waals surface area (Å²) in [5.74, 6) is 0.535. The number of nitrogens with one attached hydrogen (secondary N) is 1. The van der Waals surface area contributed by atoms with Gasteiger partial charge in [0.1, 0.15) is 5.01 Å². The first-order valence-electron chi connectivity index (χ1n) is 6.92. The largest absolute Gasteiger partial charge is 0.310 e.